The van der Waals surface area contributed by atoms with E-state index in [4.69, 9.17) is 0 Å². The molecule has 0 bridgehead atoms. The topological polar surface area (TPSA) is 63.5 Å². The van der Waals surface area contributed by atoms with Gasteiger partial charge in [-0.05, 0) is 36.8 Å². The quantitative estimate of drug-likeness (QED) is 0.630. The van der Waals surface area contributed by atoms with Crippen molar-refractivity contribution >= 4 is 17.3 Å². The van der Waals surface area contributed by atoms with Crippen LogP contribution in [0.15, 0.2) is 18.2 Å². The van der Waals surface area contributed by atoms with Gasteiger partial charge in [0.15, 0.2) is 0 Å². The summed E-state index contributed by atoms with van der Waals surface area (Å²) in [4.78, 5) is 25.0. The Balaban J connectivity index is 2.08. The Morgan fingerprint density at radius 1 is 1.43 bits per heavy atom. The second-order valence-corrected chi connectivity index (χ2v) is 6.50. The predicted molar refractivity (Wildman–Crippen MR) is 80.4 cm³/mol. The molecule has 1 saturated carbocycles. The number of carbonyl (C=O) groups is 1. The van der Waals surface area contributed by atoms with Crippen molar-refractivity contribution in [1.29, 1.82) is 0 Å². The first-order valence-electron chi connectivity index (χ1n) is 7.54. The molecule has 5 nitrogen and oxygen atoms in total. The number of nitro groups is 1. The molecule has 2 aliphatic rings. The highest BCUT2D eigenvalue weighted by molar-refractivity contribution is 5.98. The zero-order valence-electron chi connectivity index (χ0n) is 12.5. The summed E-state index contributed by atoms with van der Waals surface area (Å²) in [6.07, 6.45) is 3.59. The monoisotopic (exact) mass is 288 g/mol. The first kappa shape index (κ1) is 14.0. The van der Waals surface area contributed by atoms with Gasteiger partial charge >= 0.3 is 0 Å². The summed E-state index contributed by atoms with van der Waals surface area (Å²) >= 11 is 0. The number of benzene rings is 1. The van der Waals surface area contributed by atoms with E-state index in [2.05, 4.69) is 0 Å². The molecule has 0 spiro atoms. The van der Waals surface area contributed by atoms with Gasteiger partial charge < -0.3 is 4.90 Å². The van der Waals surface area contributed by atoms with Crippen LogP contribution in [0.3, 0.4) is 0 Å². The van der Waals surface area contributed by atoms with Gasteiger partial charge in [0.25, 0.3) is 5.69 Å². The molecule has 1 aliphatic carbocycles. The number of anilines is 1. The SMILES string of the molecule is CCC1(C)CC(=O)N(CC2CC2)c2ccc([N+](=O)[O-])cc21. The molecule has 1 atom stereocenters. The van der Waals surface area contributed by atoms with Gasteiger partial charge in [0.05, 0.1) is 4.92 Å². The fourth-order valence-corrected chi connectivity index (χ4v) is 3.09. The van der Waals surface area contributed by atoms with Crippen LogP contribution in [0.2, 0.25) is 0 Å². The van der Waals surface area contributed by atoms with Crippen molar-refractivity contribution in [3.05, 3.63) is 33.9 Å². The van der Waals surface area contributed by atoms with E-state index in [1.165, 1.54) is 18.9 Å². The fraction of sp³-hybridized carbons (Fsp3) is 0.562. The summed E-state index contributed by atoms with van der Waals surface area (Å²) in [5, 5.41) is 11.0. The van der Waals surface area contributed by atoms with Crippen molar-refractivity contribution in [1.82, 2.24) is 0 Å². The molecule has 0 N–H and O–H groups in total. The zero-order valence-corrected chi connectivity index (χ0v) is 12.5. The molecule has 0 saturated heterocycles. The van der Waals surface area contributed by atoms with Crippen molar-refractivity contribution in [3.63, 3.8) is 0 Å². The summed E-state index contributed by atoms with van der Waals surface area (Å²) in [5.74, 6) is 0.746. The lowest BCUT2D eigenvalue weighted by molar-refractivity contribution is -0.385. The second kappa shape index (κ2) is 4.83. The molecule has 1 amide bonds. The summed E-state index contributed by atoms with van der Waals surface area (Å²) in [6, 6.07) is 4.92. The number of fused-ring (bicyclic) bond motifs is 1. The van der Waals surface area contributed by atoms with Gasteiger partial charge in [-0.3, -0.25) is 14.9 Å². The van der Waals surface area contributed by atoms with E-state index in [0.717, 1.165) is 24.2 Å². The van der Waals surface area contributed by atoms with E-state index in [1.54, 1.807) is 12.1 Å². The maximum Gasteiger partial charge on any atom is 0.269 e. The molecule has 1 aromatic carbocycles. The molecule has 1 aliphatic heterocycles. The molecular weight excluding hydrogens is 268 g/mol. The third-order valence-corrected chi connectivity index (χ3v) is 4.89. The molecular formula is C16H20N2O3. The van der Waals surface area contributed by atoms with Gasteiger partial charge in [-0.25, -0.2) is 0 Å². The number of nitro benzene ring substituents is 1. The maximum absolute atomic E-state index is 12.5. The van der Waals surface area contributed by atoms with Gasteiger partial charge in [-0.15, -0.1) is 0 Å². The largest absolute Gasteiger partial charge is 0.312 e. The molecule has 3 rings (SSSR count). The van der Waals surface area contributed by atoms with Crippen molar-refractivity contribution in [3.8, 4) is 0 Å². The first-order chi connectivity index (χ1) is 9.94. The Morgan fingerprint density at radius 3 is 2.71 bits per heavy atom. The second-order valence-electron chi connectivity index (χ2n) is 6.50. The Hall–Kier alpha value is -1.91. The summed E-state index contributed by atoms with van der Waals surface area (Å²) in [6.45, 7) is 4.82. The van der Waals surface area contributed by atoms with E-state index in [1.807, 2.05) is 18.7 Å². The Kier molecular flexibility index (Phi) is 3.23. The minimum absolute atomic E-state index is 0.106. The molecule has 1 fully saturated rings. The molecule has 1 unspecified atom stereocenters. The molecule has 21 heavy (non-hydrogen) atoms. The average Bonchev–Trinajstić information content (AvgIpc) is 3.27. The van der Waals surface area contributed by atoms with Gasteiger partial charge in [0.2, 0.25) is 5.91 Å². The molecule has 112 valence electrons. The standard InChI is InChI=1S/C16H20N2O3/c1-3-16(2)9-15(19)17(10-11-4-5-11)14-7-6-12(18(20)21)8-13(14)16/h6-8,11H,3-5,9-10H2,1-2H3. The predicted octanol–water partition coefficient (Wildman–Crippen LogP) is 3.41. The van der Waals surface area contributed by atoms with Crippen LogP contribution in [0, 0.1) is 16.0 Å². The van der Waals surface area contributed by atoms with Crippen LogP contribution in [0.5, 0.6) is 0 Å². The number of rotatable bonds is 4. The summed E-state index contributed by atoms with van der Waals surface area (Å²) in [5.41, 5.74) is 1.61. The van der Waals surface area contributed by atoms with Crippen LogP contribution < -0.4 is 4.90 Å². The average molecular weight is 288 g/mol. The maximum atomic E-state index is 12.5. The number of hydrogen-bond acceptors (Lipinski definition) is 3. The third-order valence-electron chi connectivity index (χ3n) is 4.89. The third kappa shape index (κ3) is 2.41. The van der Waals surface area contributed by atoms with Crippen LogP contribution in [0.4, 0.5) is 11.4 Å². The molecule has 0 radical (unpaired) electrons. The van der Waals surface area contributed by atoms with E-state index in [0.29, 0.717) is 12.3 Å². The van der Waals surface area contributed by atoms with Crippen LogP contribution in [-0.4, -0.2) is 17.4 Å². The lowest BCUT2D eigenvalue weighted by Gasteiger charge is -2.40. The fourth-order valence-electron chi connectivity index (χ4n) is 3.09. The van der Waals surface area contributed by atoms with Crippen molar-refractivity contribution in [2.45, 2.75) is 44.9 Å². The van der Waals surface area contributed by atoms with E-state index in [9.17, 15) is 14.9 Å². The lowest BCUT2D eigenvalue weighted by atomic mass is 9.73. The van der Waals surface area contributed by atoms with Gasteiger partial charge in [-0.2, -0.15) is 0 Å². The molecule has 1 aromatic rings. The lowest BCUT2D eigenvalue weighted by Crippen LogP contribution is -2.43. The van der Waals surface area contributed by atoms with Crippen molar-refractivity contribution in [2.24, 2.45) is 5.92 Å². The molecule has 1 heterocycles. The van der Waals surface area contributed by atoms with E-state index >= 15 is 0 Å². The number of nitrogens with zero attached hydrogens (tertiary/aromatic N) is 2. The Labute approximate surface area is 124 Å². The smallest absolute Gasteiger partial charge is 0.269 e. The highest BCUT2D eigenvalue weighted by Crippen LogP contribution is 2.45. The normalized spacial score (nSPS) is 24.9. The first-order valence-corrected chi connectivity index (χ1v) is 7.54. The van der Waals surface area contributed by atoms with Gasteiger partial charge in [0, 0.05) is 36.2 Å². The number of non-ortho nitro benzene ring substituents is 1. The van der Waals surface area contributed by atoms with Crippen LogP contribution in [0.1, 0.15) is 45.1 Å². The Bertz CT molecular complexity index is 610. The summed E-state index contributed by atoms with van der Waals surface area (Å²) in [7, 11) is 0. The molecule has 0 aromatic heterocycles. The molecule has 5 heteroatoms. The number of carbonyl (C=O) groups excluding carboxylic acids is 1. The van der Waals surface area contributed by atoms with Gasteiger partial charge in [-0.1, -0.05) is 13.8 Å². The number of amides is 1. The highest BCUT2D eigenvalue weighted by atomic mass is 16.6. The Morgan fingerprint density at radius 2 is 2.14 bits per heavy atom. The van der Waals surface area contributed by atoms with Crippen molar-refractivity contribution in [2.75, 3.05) is 11.4 Å². The van der Waals surface area contributed by atoms with Crippen LogP contribution in [-0.2, 0) is 10.2 Å². The van der Waals surface area contributed by atoms with Crippen molar-refractivity contribution < 1.29 is 9.72 Å². The van der Waals surface area contributed by atoms with Crippen LogP contribution >= 0.6 is 0 Å². The van der Waals surface area contributed by atoms with Crippen LogP contribution in [0.25, 0.3) is 0 Å². The summed E-state index contributed by atoms with van der Waals surface area (Å²) < 4.78 is 0. The number of hydrogen-bond donors (Lipinski definition) is 0. The van der Waals surface area contributed by atoms with Gasteiger partial charge in [0.1, 0.15) is 0 Å². The zero-order chi connectivity index (χ0) is 15.2. The highest BCUT2D eigenvalue weighted by Gasteiger charge is 2.41. The van der Waals surface area contributed by atoms with E-state index < -0.39 is 0 Å². The minimum atomic E-state index is -0.363. The van der Waals surface area contributed by atoms with E-state index in [-0.39, 0.29) is 21.9 Å². The minimum Gasteiger partial charge on any atom is -0.312 e.